The summed E-state index contributed by atoms with van der Waals surface area (Å²) in [5.41, 5.74) is 18.8. The van der Waals surface area contributed by atoms with Crippen molar-refractivity contribution in [3.63, 3.8) is 0 Å². The molecule has 1 aromatic heterocycles. The van der Waals surface area contributed by atoms with E-state index < -0.39 is 8.07 Å². The molecule has 3 heteroatoms. The van der Waals surface area contributed by atoms with Gasteiger partial charge in [0.05, 0.1) is 6.04 Å². The lowest BCUT2D eigenvalue weighted by Crippen LogP contribution is -2.72. The second-order valence-corrected chi connectivity index (χ2v) is 29.8. The van der Waals surface area contributed by atoms with Gasteiger partial charge in [0.25, 0.3) is 0 Å². The summed E-state index contributed by atoms with van der Waals surface area (Å²) in [6.07, 6.45) is 7.45. The third-order valence-electron chi connectivity index (χ3n) is 20.3. The molecule has 16 aromatic rings. The van der Waals surface area contributed by atoms with Crippen LogP contribution in [0.15, 0.2) is 334 Å². The van der Waals surface area contributed by atoms with Crippen LogP contribution in [-0.2, 0) is 0 Å². The van der Waals surface area contributed by atoms with Crippen LogP contribution in [0.4, 0.5) is 11.4 Å². The minimum atomic E-state index is -2.97. The zero-order valence-electron chi connectivity index (χ0n) is 49.8. The molecule has 0 fully saturated rings. The van der Waals surface area contributed by atoms with Gasteiger partial charge >= 0.3 is 0 Å². The Kier molecular flexibility index (Phi) is 11.8. The smallest absolute Gasteiger partial charge is 0.180 e. The summed E-state index contributed by atoms with van der Waals surface area (Å²) in [4.78, 5) is 2.67. The van der Waals surface area contributed by atoms with E-state index in [1.54, 1.807) is 0 Å². The predicted molar refractivity (Wildman–Crippen MR) is 392 cm³/mol. The highest BCUT2D eigenvalue weighted by Crippen LogP contribution is 2.52. The van der Waals surface area contributed by atoms with Crippen molar-refractivity contribution in [1.82, 2.24) is 0 Å². The summed E-state index contributed by atoms with van der Waals surface area (Å²) in [6, 6.07) is 120. The van der Waals surface area contributed by atoms with Crippen molar-refractivity contribution < 1.29 is 0 Å². The molecule has 1 aliphatic carbocycles. The third kappa shape index (κ3) is 8.08. The topological polar surface area (TPSA) is 3.24 Å². The van der Waals surface area contributed by atoms with Crippen molar-refractivity contribution in [1.29, 1.82) is 0 Å². The molecule has 1 nitrogen and oxygen atoms in total. The van der Waals surface area contributed by atoms with Gasteiger partial charge in [-0.1, -0.05) is 279 Å². The number of thiophene rings is 1. The molecule has 15 aromatic carbocycles. The van der Waals surface area contributed by atoms with Gasteiger partial charge in [0.15, 0.2) is 8.07 Å². The van der Waals surface area contributed by atoms with Crippen molar-refractivity contribution in [2.45, 2.75) is 12.0 Å². The summed E-state index contributed by atoms with van der Waals surface area (Å²) in [5.74, 6) is 0.0817. The van der Waals surface area contributed by atoms with Crippen molar-refractivity contribution in [2.24, 2.45) is 0 Å². The van der Waals surface area contributed by atoms with Gasteiger partial charge in [-0.3, -0.25) is 0 Å². The highest BCUT2D eigenvalue weighted by Gasteiger charge is 2.50. The molecule has 0 radical (unpaired) electrons. The zero-order valence-corrected chi connectivity index (χ0v) is 51.6. The molecule has 0 saturated heterocycles. The molecule has 0 saturated carbocycles. The van der Waals surface area contributed by atoms with E-state index >= 15 is 0 Å². The van der Waals surface area contributed by atoms with Crippen LogP contribution < -0.4 is 25.6 Å². The first-order chi connectivity index (χ1) is 45.1. The zero-order chi connectivity index (χ0) is 59.7. The number of rotatable bonds is 8. The fraction of sp³-hybridized carbons (Fsp3) is 0.0227. The summed E-state index contributed by atoms with van der Waals surface area (Å²) >= 11 is 1.88. The molecule has 0 bridgehead atoms. The lowest BCUT2D eigenvalue weighted by Gasteiger charge is -2.34. The van der Waals surface area contributed by atoms with Crippen molar-refractivity contribution in [3.8, 4) is 55.6 Å². The second-order valence-electron chi connectivity index (χ2n) is 25.0. The SMILES string of the molecule is C1=CC2C(C=C1c1ccc(-c3cc4ccccc4c4ccccc34)cc1)c1cc(-c3ccc(-c4cc5ccccc5c5ccccc45)cc3)ccc1N2c1ccc2c(c1)[Si](c1ccccc1)(c1ccccc1)c1cc(-c3ccc4sc5ccccc5c4c3)ccc1-2. The van der Waals surface area contributed by atoms with Crippen molar-refractivity contribution >= 4 is 120 Å². The van der Waals surface area contributed by atoms with Crippen LogP contribution in [-0.4, -0.2) is 14.1 Å². The van der Waals surface area contributed by atoms with E-state index in [1.807, 2.05) is 11.3 Å². The number of anilines is 2. The number of nitrogens with zero attached hydrogens (tertiary/aromatic N) is 1. The second kappa shape index (κ2) is 20.6. The molecular formula is C88H57NSSi. The molecule has 91 heavy (non-hydrogen) atoms. The largest absolute Gasteiger partial charge is 0.333 e. The molecule has 19 rings (SSSR count). The van der Waals surface area contributed by atoms with Gasteiger partial charge in [0.1, 0.15) is 0 Å². The standard InChI is InChI=1S/C88H57NSSi/c1-3-19-67(20-4-1)91(68-21-5-2-6-22-68)87-54-63(62-42-48-86-82(51-62)75-29-15-16-30-85(75)90-86)39-44-76(87)77-45-43-66(55-88(77)91)89-83-46-40-60(56-31-35-58(36-32-56)78-52-64-17-7-9-23-69(64)71-25-11-13-27-73(71)78)49-80(83)81-50-61(41-47-84(81)89)57-33-37-59(38-34-57)79-53-65-18-8-10-24-70(65)72-26-12-14-28-74(72)79/h1-55,80,83H. The lowest BCUT2D eigenvalue weighted by atomic mass is 9.85. The fourth-order valence-corrected chi connectivity index (χ4v) is 22.4. The van der Waals surface area contributed by atoms with E-state index in [0.29, 0.717) is 0 Å². The van der Waals surface area contributed by atoms with Crippen LogP contribution in [0.2, 0.25) is 0 Å². The first-order valence-electron chi connectivity index (χ1n) is 31.8. The normalized spacial score (nSPS) is 15.3. The number of fused-ring (bicyclic) bond motifs is 15. The third-order valence-corrected chi connectivity index (χ3v) is 26.3. The molecular weight excluding hydrogens is 1130 g/mol. The predicted octanol–water partition coefficient (Wildman–Crippen LogP) is 21.0. The van der Waals surface area contributed by atoms with E-state index in [-0.39, 0.29) is 12.0 Å². The summed E-state index contributed by atoms with van der Waals surface area (Å²) in [5, 5.41) is 18.5. The van der Waals surface area contributed by atoms with Crippen molar-refractivity contribution in [2.75, 3.05) is 4.90 Å². The van der Waals surface area contributed by atoms with Gasteiger partial charge in [0, 0.05) is 37.5 Å². The summed E-state index contributed by atoms with van der Waals surface area (Å²) in [6.45, 7) is 0. The van der Waals surface area contributed by atoms with Gasteiger partial charge < -0.3 is 4.90 Å². The maximum Gasteiger partial charge on any atom is 0.180 e. The van der Waals surface area contributed by atoms with E-state index in [1.165, 1.54) is 168 Å². The number of hydrogen-bond donors (Lipinski definition) is 0. The quantitative estimate of drug-likeness (QED) is 0.108. The molecule has 0 spiro atoms. The van der Waals surface area contributed by atoms with E-state index in [0.717, 1.165) is 0 Å². The van der Waals surface area contributed by atoms with Gasteiger partial charge in [-0.15, -0.1) is 11.3 Å². The van der Waals surface area contributed by atoms with Crippen LogP contribution in [0.25, 0.3) is 124 Å². The number of allylic oxidation sites excluding steroid dienone is 2. The van der Waals surface area contributed by atoms with E-state index in [4.69, 9.17) is 0 Å². The molecule has 2 atom stereocenters. The Bertz CT molecular complexity index is 5680. The fourth-order valence-electron chi connectivity index (χ4n) is 16.1. The Labute approximate surface area is 534 Å². The van der Waals surface area contributed by atoms with Gasteiger partial charge in [-0.05, 0) is 191 Å². The maximum atomic E-state index is 2.67. The van der Waals surface area contributed by atoms with Gasteiger partial charge in [-0.25, -0.2) is 0 Å². The van der Waals surface area contributed by atoms with Crippen LogP contribution in [0.5, 0.6) is 0 Å². The molecule has 0 N–H and O–H groups in total. The highest BCUT2D eigenvalue weighted by atomic mass is 32.1. The Morgan fingerprint density at radius 2 is 0.780 bits per heavy atom. The average Bonchev–Trinajstić information content (AvgIpc) is 1.55. The number of benzene rings is 15. The summed E-state index contributed by atoms with van der Waals surface area (Å²) < 4.78 is 2.65. The summed E-state index contributed by atoms with van der Waals surface area (Å²) in [7, 11) is -2.97. The first-order valence-corrected chi connectivity index (χ1v) is 34.6. The Hall–Kier alpha value is -10.9. The van der Waals surface area contributed by atoms with Crippen LogP contribution >= 0.6 is 11.3 Å². The van der Waals surface area contributed by atoms with Crippen LogP contribution in [0, 0.1) is 0 Å². The van der Waals surface area contributed by atoms with Crippen molar-refractivity contribution in [3.05, 3.63) is 345 Å². The average molecular weight is 1190 g/mol. The van der Waals surface area contributed by atoms with Crippen LogP contribution in [0.1, 0.15) is 17.0 Å². The Morgan fingerprint density at radius 1 is 0.308 bits per heavy atom. The molecule has 2 unspecified atom stereocenters. The molecule has 2 aliphatic heterocycles. The first kappa shape index (κ1) is 52.0. The molecule has 0 amide bonds. The van der Waals surface area contributed by atoms with Gasteiger partial charge in [0.2, 0.25) is 0 Å². The van der Waals surface area contributed by atoms with Crippen LogP contribution in [0.3, 0.4) is 0 Å². The molecule has 424 valence electrons. The molecule has 3 heterocycles. The van der Waals surface area contributed by atoms with E-state index in [2.05, 4.69) is 339 Å². The monoisotopic (exact) mass is 1190 g/mol. The lowest BCUT2D eigenvalue weighted by molar-refractivity contribution is 0.747. The molecule has 3 aliphatic rings. The Balaban J connectivity index is 0.751. The minimum Gasteiger partial charge on any atom is -0.333 e. The minimum absolute atomic E-state index is 0.0434. The maximum absolute atomic E-state index is 2.97. The number of hydrogen-bond acceptors (Lipinski definition) is 2. The highest BCUT2D eigenvalue weighted by molar-refractivity contribution is 7.25. The van der Waals surface area contributed by atoms with E-state index in [9.17, 15) is 0 Å². The van der Waals surface area contributed by atoms with Gasteiger partial charge in [-0.2, -0.15) is 0 Å². The Morgan fingerprint density at radius 3 is 1.43 bits per heavy atom.